The largest absolute Gasteiger partial charge is 0.354 e. The molecule has 25 heavy (non-hydrogen) atoms. The summed E-state index contributed by atoms with van der Waals surface area (Å²) in [5, 5.41) is 2.88. The maximum Gasteiger partial charge on any atom is 0.237 e. The third-order valence-corrected chi connectivity index (χ3v) is 5.52. The number of hydrogen-bond acceptors (Lipinski definition) is 3. The number of benzene rings is 1. The lowest BCUT2D eigenvalue weighted by molar-refractivity contribution is -0.124. The van der Waals surface area contributed by atoms with Gasteiger partial charge in [-0.25, -0.2) is 8.78 Å². The van der Waals surface area contributed by atoms with E-state index in [0.717, 1.165) is 25.3 Å². The van der Waals surface area contributed by atoms with E-state index in [9.17, 15) is 18.4 Å². The van der Waals surface area contributed by atoms with Crippen molar-refractivity contribution in [3.05, 3.63) is 35.4 Å². The molecule has 1 saturated heterocycles. The fourth-order valence-corrected chi connectivity index (χ4v) is 3.52. The average Bonchev–Trinajstić information content (AvgIpc) is 3.42. The summed E-state index contributed by atoms with van der Waals surface area (Å²) in [6.07, 6.45) is 3.89. The lowest BCUT2D eigenvalue weighted by Crippen LogP contribution is -2.50. The quantitative estimate of drug-likeness (QED) is 0.759. The molecule has 2 amide bonds. The number of likely N-dealkylation sites (tertiary alicyclic amines) is 1. The third-order valence-electron chi connectivity index (χ3n) is 5.52. The Kier molecular flexibility index (Phi) is 5.03. The van der Waals surface area contributed by atoms with Gasteiger partial charge in [-0.05, 0) is 49.3 Å². The van der Waals surface area contributed by atoms with Gasteiger partial charge < -0.3 is 16.0 Å². The van der Waals surface area contributed by atoms with Crippen LogP contribution in [-0.4, -0.2) is 42.9 Å². The zero-order valence-electron chi connectivity index (χ0n) is 14.0. The van der Waals surface area contributed by atoms with Crippen LogP contribution in [-0.2, 0) is 15.0 Å². The van der Waals surface area contributed by atoms with Gasteiger partial charge in [0.25, 0.3) is 0 Å². The van der Waals surface area contributed by atoms with Crippen molar-refractivity contribution in [1.82, 2.24) is 10.2 Å². The van der Waals surface area contributed by atoms with Gasteiger partial charge in [0.15, 0.2) is 11.6 Å². The summed E-state index contributed by atoms with van der Waals surface area (Å²) in [5.41, 5.74) is 6.48. The Morgan fingerprint density at radius 2 is 2.00 bits per heavy atom. The van der Waals surface area contributed by atoms with E-state index in [2.05, 4.69) is 5.32 Å². The first-order valence-electron chi connectivity index (χ1n) is 8.63. The summed E-state index contributed by atoms with van der Waals surface area (Å²) < 4.78 is 26.6. The molecule has 0 aromatic heterocycles. The fraction of sp³-hybridized carbons (Fsp3) is 0.556. The molecule has 1 unspecified atom stereocenters. The first kappa shape index (κ1) is 17.8. The Morgan fingerprint density at radius 1 is 1.32 bits per heavy atom. The fourth-order valence-electron chi connectivity index (χ4n) is 3.52. The molecule has 136 valence electrons. The highest BCUT2D eigenvalue weighted by molar-refractivity contribution is 5.82. The van der Waals surface area contributed by atoms with Gasteiger partial charge in [0.05, 0.1) is 6.04 Å². The minimum atomic E-state index is -0.868. The highest BCUT2D eigenvalue weighted by Crippen LogP contribution is 2.47. The van der Waals surface area contributed by atoms with E-state index in [1.165, 1.54) is 6.07 Å². The Labute approximate surface area is 145 Å². The van der Waals surface area contributed by atoms with Crippen molar-refractivity contribution >= 4 is 12.3 Å². The van der Waals surface area contributed by atoms with Crippen LogP contribution in [0.2, 0.25) is 0 Å². The number of amides is 2. The van der Waals surface area contributed by atoms with Gasteiger partial charge >= 0.3 is 0 Å². The zero-order valence-corrected chi connectivity index (χ0v) is 14.0. The maximum absolute atomic E-state index is 13.5. The molecule has 1 saturated carbocycles. The molecule has 0 bridgehead atoms. The molecule has 7 heteroatoms. The van der Waals surface area contributed by atoms with E-state index in [1.807, 2.05) is 0 Å². The van der Waals surface area contributed by atoms with Crippen molar-refractivity contribution in [1.29, 1.82) is 0 Å². The minimum Gasteiger partial charge on any atom is -0.354 e. The zero-order chi connectivity index (χ0) is 18.0. The first-order valence-corrected chi connectivity index (χ1v) is 8.63. The molecule has 3 N–H and O–H groups in total. The normalized spacial score (nSPS) is 20.8. The maximum atomic E-state index is 13.5. The van der Waals surface area contributed by atoms with Crippen molar-refractivity contribution in [3.63, 3.8) is 0 Å². The summed E-state index contributed by atoms with van der Waals surface area (Å²) in [4.78, 5) is 24.8. The predicted molar refractivity (Wildman–Crippen MR) is 88.6 cm³/mol. The second-order valence-corrected chi connectivity index (χ2v) is 7.13. The predicted octanol–water partition coefficient (Wildman–Crippen LogP) is 1.31. The number of piperidine rings is 1. The van der Waals surface area contributed by atoms with Crippen molar-refractivity contribution in [2.24, 2.45) is 11.7 Å². The highest BCUT2D eigenvalue weighted by atomic mass is 19.2. The standard InChI is InChI=1S/C18H23F2N3O2/c19-14-2-1-13(9-15(14)20)18(5-6-18)10-22-17(25)16(21)12-3-7-23(11-24)8-4-12/h1-2,9,11-12,16H,3-8,10,21H2,(H,22,25). The molecule has 1 aromatic carbocycles. The van der Waals surface area contributed by atoms with Gasteiger partial charge in [-0.1, -0.05) is 6.07 Å². The van der Waals surface area contributed by atoms with Crippen LogP contribution < -0.4 is 11.1 Å². The molecule has 1 atom stereocenters. The average molecular weight is 351 g/mol. The first-order chi connectivity index (χ1) is 11.9. The number of rotatable bonds is 6. The van der Waals surface area contributed by atoms with Crippen molar-refractivity contribution in [3.8, 4) is 0 Å². The minimum absolute atomic E-state index is 0.0506. The number of nitrogens with one attached hydrogen (secondary N) is 1. The molecule has 1 heterocycles. The molecule has 1 aliphatic carbocycles. The lowest BCUT2D eigenvalue weighted by atomic mass is 9.89. The number of nitrogens with two attached hydrogens (primary N) is 1. The van der Waals surface area contributed by atoms with Crippen LogP contribution in [0, 0.1) is 17.6 Å². The summed E-state index contributed by atoms with van der Waals surface area (Å²) in [6, 6.07) is 3.30. The Balaban J connectivity index is 1.55. The second-order valence-electron chi connectivity index (χ2n) is 7.13. The van der Waals surface area contributed by atoms with Crippen molar-refractivity contribution in [2.45, 2.75) is 37.1 Å². The summed E-state index contributed by atoms with van der Waals surface area (Å²) >= 11 is 0. The molecule has 3 rings (SSSR count). The van der Waals surface area contributed by atoms with Crippen LogP contribution in [0.3, 0.4) is 0 Å². The molecular weight excluding hydrogens is 328 g/mol. The number of nitrogens with zero attached hydrogens (tertiary/aromatic N) is 1. The van der Waals surface area contributed by atoms with Gasteiger partial charge in [0.2, 0.25) is 12.3 Å². The van der Waals surface area contributed by atoms with Gasteiger partial charge in [0, 0.05) is 25.0 Å². The highest BCUT2D eigenvalue weighted by Gasteiger charge is 2.45. The van der Waals surface area contributed by atoms with Crippen LogP contribution in [0.5, 0.6) is 0 Å². The molecule has 0 radical (unpaired) electrons. The van der Waals surface area contributed by atoms with Crippen LogP contribution in [0.4, 0.5) is 8.78 Å². The summed E-state index contributed by atoms with van der Waals surface area (Å²) in [7, 11) is 0. The van der Waals surface area contributed by atoms with E-state index < -0.39 is 17.7 Å². The number of halogens is 2. The van der Waals surface area contributed by atoms with Gasteiger partial charge in [0.1, 0.15) is 0 Å². The van der Waals surface area contributed by atoms with E-state index in [-0.39, 0.29) is 17.2 Å². The summed E-state index contributed by atoms with van der Waals surface area (Å²) in [5.74, 6) is -1.91. The van der Waals surface area contributed by atoms with Crippen LogP contribution in [0.1, 0.15) is 31.2 Å². The number of hydrogen-bond donors (Lipinski definition) is 2. The van der Waals surface area contributed by atoms with Crippen LogP contribution in [0.25, 0.3) is 0 Å². The Hall–Kier alpha value is -2.02. The second kappa shape index (κ2) is 7.07. The third kappa shape index (κ3) is 3.81. The molecule has 1 aliphatic heterocycles. The van der Waals surface area contributed by atoms with E-state index >= 15 is 0 Å². The Morgan fingerprint density at radius 3 is 2.56 bits per heavy atom. The molecular formula is C18H23F2N3O2. The van der Waals surface area contributed by atoms with Crippen LogP contribution >= 0.6 is 0 Å². The van der Waals surface area contributed by atoms with Crippen molar-refractivity contribution in [2.75, 3.05) is 19.6 Å². The molecule has 0 spiro atoms. The monoisotopic (exact) mass is 351 g/mol. The molecule has 2 aliphatic rings. The van der Waals surface area contributed by atoms with E-state index in [1.54, 1.807) is 11.0 Å². The number of carbonyl (C=O) groups is 2. The molecule has 5 nitrogen and oxygen atoms in total. The van der Waals surface area contributed by atoms with E-state index in [4.69, 9.17) is 5.73 Å². The van der Waals surface area contributed by atoms with E-state index in [0.29, 0.717) is 38.0 Å². The Bertz CT molecular complexity index is 656. The topological polar surface area (TPSA) is 75.4 Å². The molecule has 1 aromatic rings. The van der Waals surface area contributed by atoms with Gasteiger partial charge in [-0.2, -0.15) is 0 Å². The summed E-state index contributed by atoms with van der Waals surface area (Å²) in [6.45, 7) is 1.61. The van der Waals surface area contributed by atoms with Gasteiger partial charge in [-0.3, -0.25) is 9.59 Å². The molecule has 2 fully saturated rings. The smallest absolute Gasteiger partial charge is 0.237 e. The lowest BCUT2D eigenvalue weighted by Gasteiger charge is -2.32. The van der Waals surface area contributed by atoms with Gasteiger partial charge in [-0.15, -0.1) is 0 Å². The van der Waals surface area contributed by atoms with Crippen LogP contribution in [0.15, 0.2) is 18.2 Å². The number of carbonyl (C=O) groups excluding carboxylic acids is 2. The SMILES string of the molecule is NC(C(=O)NCC1(c2ccc(F)c(F)c2)CC1)C1CCN(C=O)CC1. The van der Waals surface area contributed by atoms with Crippen molar-refractivity contribution < 1.29 is 18.4 Å².